The molecule has 1 N–H and O–H groups in total. The molecular formula is C20H30O3. The predicted octanol–water partition coefficient (Wildman–Crippen LogP) is 4.33. The monoisotopic (exact) mass is 318 g/mol. The van der Waals surface area contributed by atoms with E-state index in [1.54, 1.807) is 0 Å². The van der Waals surface area contributed by atoms with Gasteiger partial charge in [-0.3, -0.25) is 0 Å². The van der Waals surface area contributed by atoms with Crippen LogP contribution in [0.4, 0.5) is 0 Å². The third-order valence-electron chi connectivity index (χ3n) is 4.88. The molecule has 1 aliphatic heterocycles. The van der Waals surface area contributed by atoms with Gasteiger partial charge in [0, 0.05) is 12.0 Å². The van der Waals surface area contributed by atoms with Crippen molar-refractivity contribution in [2.24, 2.45) is 11.8 Å². The average molecular weight is 318 g/mol. The summed E-state index contributed by atoms with van der Waals surface area (Å²) >= 11 is 0. The Labute approximate surface area is 140 Å². The molecule has 128 valence electrons. The molecule has 3 atom stereocenters. The lowest BCUT2D eigenvalue weighted by Gasteiger charge is -2.22. The molecule has 2 aliphatic rings. The summed E-state index contributed by atoms with van der Waals surface area (Å²) < 4.78 is 5.47. The van der Waals surface area contributed by atoms with Gasteiger partial charge in [-0.25, -0.2) is 4.79 Å². The third-order valence-corrected chi connectivity index (χ3v) is 4.88. The number of carbonyl (C=O) groups is 1. The molecule has 0 spiro atoms. The molecule has 23 heavy (non-hydrogen) atoms. The number of rotatable bonds is 1. The second-order valence-corrected chi connectivity index (χ2v) is 7.59. The van der Waals surface area contributed by atoms with Crippen LogP contribution in [0.5, 0.6) is 0 Å². The molecule has 2 rings (SSSR count). The second-order valence-electron chi connectivity index (χ2n) is 7.59. The molecule has 3 heteroatoms. The van der Waals surface area contributed by atoms with Gasteiger partial charge in [0.15, 0.2) is 0 Å². The largest absolute Gasteiger partial charge is 0.454 e. The van der Waals surface area contributed by atoms with Crippen LogP contribution in [0.1, 0.15) is 59.8 Å². The normalized spacial score (nSPS) is 36.7. The Balaban J connectivity index is 2.22. The van der Waals surface area contributed by atoms with E-state index in [9.17, 15) is 9.90 Å². The maximum absolute atomic E-state index is 12.0. The minimum Gasteiger partial charge on any atom is -0.454 e. The number of fused-ring (bicyclic) bond motifs is 1. The zero-order chi connectivity index (χ0) is 17.0. The predicted molar refractivity (Wildman–Crippen MR) is 92.9 cm³/mol. The van der Waals surface area contributed by atoms with Crippen molar-refractivity contribution in [3.63, 3.8) is 0 Å². The standard InChI is InChI=1S/C20H30O3/c1-14(2)16-7-8-17-13-18(23-19(17)21)12-15(3)6-5-10-20(4,22)11-9-16/h6,9,11,13-14,16,18,22H,5,7-8,10,12H2,1-4H3/b11-9+,15-6+/t16-,18-,20-/m0/s1. The molecule has 0 amide bonds. The van der Waals surface area contributed by atoms with Crippen LogP contribution in [0.3, 0.4) is 0 Å². The molecule has 0 aromatic carbocycles. The lowest BCUT2D eigenvalue weighted by atomic mass is 9.87. The molecule has 1 heterocycles. The zero-order valence-corrected chi connectivity index (χ0v) is 14.8. The van der Waals surface area contributed by atoms with Crippen LogP contribution < -0.4 is 0 Å². The SMILES string of the molecule is C/C1=C\CC[C@](C)(O)/C=C/[C@@H](C(C)C)CCC2=C[C@H](C1)OC2=O. The molecule has 0 aromatic rings. The number of carbonyl (C=O) groups excluding carboxylic acids is 1. The van der Waals surface area contributed by atoms with Crippen LogP contribution in [-0.4, -0.2) is 22.8 Å². The van der Waals surface area contributed by atoms with E-state index in [-0.39, 0.29) is 12.1 Å². The van der Waals surface area contributed by atoms with Crippen LogP contribution in [0.15, 0.2) is 35.5 Å². The van der Waals surface area contributed by atoms with Crippen molar-refractivity contribution in [3.8, 4) is 0 Å². The van der Waals surface area contributed by atoms with Crippen molar-refractivity contribution in [1.29, 1.82) is 0 Å². The first kappa shape index (κ1) is 18.0. The molecule has 0 aromatic heterocycles. The van der Waals surface area contributed by atoms with Gasteiger partial charge in [-0.1, -0.05) is 37.6 Å². The zero-order valence-electron chi connectivity index (χ0n) is 14.8. The highest BCUT2D eigenvalue weighted by Gasteiger charge is 2.26. The number of aliphatic hydroxyl groups is 1. The van der Waals surface area contributed by atoms with Crippen molar-refractivity contribution in [2.45, 2.75) is 71.5 Å². The van der Waals surface area contributed by atoms with Gasteiger partial charge in [-0.2, -0.15) is 0 Å². The van der Waals surface area contributed by atoms with Crippen LogP contribution >= 0.6 is 0 Å². The van der Waals surface area contributed by atoms with Crippen molar-refractivity contribution >= 4 is 5.97 Å². The first-order chi connectivity index (χ1) is 10.8. The smallest absolute Gasteiger partial charge is 0.334 e. The Morgan fingerprint density at radius 2 is 2.13 bits per heavy atom. The number of esters is 1. The van der Waals surface area contributed by atoms with Gasteiger partial charge in [0.1, 0.15) is 6.10 Å². The van der Waals surface area contributed by atoms with Crippen molar-refractivity contribution < 1.29 is 14.6 Å². The van der Waals surface area contributed by atoms with E-state index < -0.39 is 5.60 Å². The van der Waals surface area contributed by atoms with Gasteiger partial charge in [0.25, 0.3) is 0 Å². The summed E-state index contributed by atoms with van der Waals surface area (Å²) in [5.74, 6) is 0.677. The summed E-state index contributed by atoms with van der Waals surface area (Å²) in [7, 11) is 0. The summed E-state index contributed by atoms with van der Waals surface area (Å²) in [5, 5.41) is 10.5. The van der Waals surface area contributed by atoms with Crippen LogP contribution in [-0.2, 0) is 9.53 Å². The molecule has 0 fully saturated rings. The number of hydrogen-bond donors (Lipinski definition) is 1. The van der Waals surface area contributed by atoms with Crippen molar-refractivity contribution in [2.75, 3.05) is 0 Å². The van der Waals surface area contributed by atoms with E-state index in [4.69, 9.17) is 4.74 Å². The highest BCUT2D eigenvalue weighted by atomic mass is 16.5. The Morgan fingerprint density at radius 1 is 1.39 bits per heavy atom. The Morgan fingerprint density at radius 3 is 2.83 bits per heavy atom. The molecule has 3 nitrogen and oxygen atoms in total. The van der Waals surface area contributed by atoms with Gasteiger partial charge in [0.2, 0.25) is 0 Å². The van der Waals surface area contributed by atoms with E-state index in [1.807, 2.05) is 19.1 Å². The van der Waals surface area contributed by atoms with E-state index in [2.05, 4.69) is 32.9 Å². The minimum absolute atomic E-state index is 0.120. The molecular weight excluding hydrogens is 288 g/mol. The summed E-state index contributed by atoms with van der Waals surface area (Å²) in [6.07, 6.45) is 12.0. The maximum Gasteiger partial charge on any atom is 0.334 e. The van der Waals surface area contributed by atoms with E-state index in [0.717, 1.165) is 31.3 Å². The van der Waals surface area contributed by atoms with Crippen LogP contribution in [0.25, 0.3) is 0 Å². The molecule has 0 saturated heterocycles. The fourth-order valence-electron chi connectivity index (χ4n) is 3.23. The van der Waals surface area contributed by atoms with Gasteiger partial charge >= 0.3 is 5.97 Å². The fraction of sp³-hybridized carbons (Fsp3) is 0.650. The second kappa shape index (κ2) is 7.48. The van der Waals surface area contributed by atoms with E-state index in [1.165, 1.54) is 5.57 Å². The topological polar surface area (TPSA) is 46.5 Å². The van der Waals surface area contributed by atoms with Crippen molar-refractivity contribution in [3.05, 3.63) is 35.5 Å². The first-order valence-corrected chi connectivity index (χ1v) is 8.76. The maximum atomic E-state index is 12.0. The van der Waals surface area contributed by atoms with Gasteiger partial charge in [-0.15, -0.1) is 0 Å². The van der Waals surface area contributed by atoms with Gasteiger partial charge in [0.05, 0.1) is 5.60 Å². The van der Waals surface area contributed by atoms with Crippen molar-refractivity contribution in [1.82, 2.24) is 0 Å². The third kappa shape index (κ3) is 5.35. The lowest BCUT2D eigenvalue weighted by Crippen LogP contribution is -2.21. The van der Waals surface area contributed by atoms with Gasteiger partial charge < -0.3 is 9.84 Å². The Hall–Kier alpha value is -1.35. The summed E-state index contributed by atoms with van der Waals surface area (Å²) in [5.41, 5.74) is 1.24. The summed E-state index contributed by atoms with van der Waals surface area (Å²) in [6, 6.07) is 0. The minimum atomic E-state index is -0.779. The highest BCUT2D eigenvalue weighted by Crippen LogP contribution is 2.29. The van der Waals surface area contributed by atoms with E-state index >= 15 is 0 Å². The number of hydrogen-bond acceptors (Lipinski definition) is 3. The molecule has 0 radical (unpaired) electrons. The van der Waals surface area contributed by atoms with Crippen LogP contribution in [0, 0.1) is 11.8 Å². The Kier molecular flexibility index (Phi) is 5.85. The molecule has 0 unspecified atom stereocenters. The molecule has 2 bridgehead atoms. The number of allylic oxidation sites excluding steroid dienone is 2. The first-order valence-electron chi connectivity index (χ1n) is 8.76. The fourth-order valence-corrected chi connectivity index (χ4v) is 3.23. The van der Waals surface area contributed by atoms with Gasteiger partial charge in [-0.05, 0) is 57.4 Å². The highest BCUT2D eigenvalue weighted by molar-refractivity contribution is 5.90. The summed E-state index contributed by atoms with van der Waals surface area (Å²) in [6.45, 7) is 8.30. The van der Waals surface area contributed by atoms with Crippen LogP contribution in [0.2, 0.25) is 0 Å². The quantitative estimate of drug-likeness (QED) is 0.578. The Bertz CT molecular complexity index is 523. The summed E-state index contributed by atoms with van der Waals surface area (Å²) in [4.78, 5) is 12.0. The average Bonchev–Trinajstić information content (AvgIpc) is 2.77. The van der Waals surface area contributed by atoms with E-state index in [0.29, 0.717) is 18.3 Å². The lowest BCUT2D eigenvalue weighted by molar-refractivity contribution is -0.139. The number of ether oxygens (including phenoxy) is 1. The molecule has 0 saturated carbocycles. The molecule has 1 aliphatic carbocycles.